The van der Waals surface area contributed by atoms with Crippen molar-refractivity contribution in [2.24, 2.45) is 0 Å². The molecule has 7 heteroatoms. The molecule has 0 bridgehead atoms. The molecule has 1 fully saturated rings. The summed E-state index contributed by atoms with van der Waals surface area (Å²) in [5, 5.41) is 2.78. The van der Waals surface area contributed by atoms with E-state index < -0.39 is 0 Å². The van der Waals surface area contributed by atoms with Gasteiger partial charge in [-0.05, 0) is 50.1 Å². The van der Waals surface area contributed by atoms with Crippen LogP contribution in [0.2, 0.25) is 0 Å². The molecule has 162 valence electrons. The molecule has 4 rings (SSSR count). The maximum absolute atomic E-state index is 13.7. The number of anilines is 1. The highest BCUT2D eigenvalue weighted by atomic mass is 19.1. The molecule has 3 aromatic rings. The summed E-state index contributed by atoms with van der Waals surface area (Å²) in [6, 6.07) is 12.6. The Labute approximate surface area is 181 Å². The minimum absolute atomic E-state index is 0.206. The molecule has 0 radical (unpaired) electrons. The molecule has 1 N–H and O–H groups in total. The summed E-state index contributed by atoms with van der Waals surface area (Å²) in [5.41, 5.74) is 4.08. The molecular formula is C24H27FN4O2. The van der Waals surface area contributed by atoms with Crippen molar-refractivity contribution in [1.29, 1.82) is 0 Å². The lowest BCUT2D eigenvalue weighted by Gasteiger charge is -2.34. The van der Waals surface area contributed by atoms with E-state index in [1.54, 1.807) is 24.0 Å². The third kappa shape index (κ3) is 4.77. The Balaban J connectivity index is 1.34. The van der Waals surface area contributed by atoms with Gasteiger partial charge in [-0.15, -0.1) is 0 Å². The Kier molecular flexibility index (Phi) is 6.04. The quantitative estimate of drug-likeness (QED) is 0.659. The molecule has 1 saturated heterocycles. The zero-order chi connectivity index (χ0) is 22.0. The minimum atomic E-state index is -0.323. The van der Waals surface area contributed by atoms with Crippen LogP contribution in [0.25, 0.3) is 11.5 Å². The molecule has 1 aliphatic rings. The lowest BCUT2D eigenvalue weighted by atomic mass is 10.1. The first-order valence-electron chi connectivity index (χ1n) is 10.5. The number of halogens is 1. The molecule has 0 spiro atoms. The first-order valence-corrected chi connectivity index (χ1v) is 10.5. The molecule has 6 nitrogen and oxygen atoms in total. The van der Waals surface area contributed by atoms with Crippen LogP contribution in [0.3, 0.4) is 0 Å². The number of carbonyl (C=O) groups is 1. The van der Waals surface area contributed by atoms with E-state index in [1.165, 1.54) is 6.07 Å². The number of aryl methyl sites for hydroxylation is 3. The van der Waals surface area contributed by atoms with E-state index in [1.807, 2.05) is 38.1 Å². The highest BCUT2D eigenvalue weighted by molar-refractivity contribution is 5.89. The Morgan fingerprint density at radius 1 is 1.06 bits per heavy atom. The fraction of sp³-hybridized carbons (Fsp3) is 0.333. The van der Waals surface area contributed by atoms with E-state index in [-0.39, 0.29) is 11.8 Å². The molecule has 2 aromatic carbocycles. The molecule has 31 heavy (non-hydrogen) atoms. The summed E-state index contributed by atoms with van der Waals surface area (Å²) >= 11 is 0. The van der Waals surface area contributed by atoms with Gasteiger partial charge in [-0.3, -0.25) is 4.90 Å². The van der Waals surface area contributed by atoms with Gasteiger partial charge in [0.25, 0.3) is 0 Å². The Hall–Kier alpha value is -3.19. The standard InChI is InChI=1S/C24H27FN4O2/c1-16-6-4-5-7-20(16)23-27-22(18(3)31-23)15-28-10-12-29(13-11-28)24(30)26-19-9-8-17(2)21(25)14-19/h4-9,14H,10-13,15H2,1-3H3,(H,26,30). The smallest absolute Gasteiger partial charge is 0.321 e. The van der Waals surface area contributed by atoms with Crippen molar-refractivity contribution in [1.82, 2.24) is 14.8 Å². The van der Waals surface area contributed by atoms with Gasteiger partial charge >= 0.3 is 6.03 Å². The third-order valence-corrected chi connectivity index (χ3v) is 5.72. The van der Waals surface area contributed by atoms with E-state index >= 15 is 0 Å². The Morgan fingerprint density at radius 3 is 2.52 bits per heavy atom. The van der Waals surface area contributed by atoms with Gasteiger partial charge in [-0.25, -0.2) is 14.2 Å². The number of nitrogens with one attached hydrogen (secondary N) is 1. The normalized spacial score (nSPS) is 14.6. The van der Waals surface area contributed by atoms with Crippen molar-refractivity contribution in [3.8, 4) is 11.5 Å². The maximum atomic E-state index is 13.7. The summed E-state index contributed by atoms with van der Waals surface area (Å²) < 4.78 is 19.6. The zero-order valence-electron chi connectivity index (χ0n) is 18.1. The van der Waals surface area contributed by atoms with Gasteiger partial charge in [0, 0.05) is 44.0 Å². The fourth-order valence-corrected chi connectivity index (χ4v) is 3.70. The number of oxazole rings is 1. The van der Waals surface area contributed by atoms with Crippen LogP contribution in [0.1, 0.15) is 22.6 Å². The predicted molar refractivity (Wildman–Crippen MR) is 118 cm³/mol. The van der Waals surface area contributed by atoms with Crippen LogP contribution in [-0.4, -0.2) is 47.0 Å². The highest BCUT2D eigenvalue weighted by Gasteiger charge is 2.23. The van der Waals surface area contributed by atoms with Crippen LogP contribution >= 0.6 is 0 Å². The van der Waals surface area contributed by atoms with E-state index in [0.717, 1.165) is 35.7 Å². The second-order valence-corrected chi connectivity index (χ2v) is 7.99. The van der Waals surface area contributed by atoms with Crippen LogP contribution in [0.5, 0.6) is 0 Å². The van der Waals surface area contributed by atoms with Gasteiger partial charge < -0.3 is 14.6 Å². The zero-order valence-corrected chi connectivity index (χ0v) is 18.1. The van der Waals surface area contributed by atoms with Crippen LogP contribution in [-0.2, 0) is 6.54 Å². The molecule has 0 saturated carbocycles. The second-order valence-electron chi connectivity index (χ2n) is 7.99. The predicted octanol–water partition coefficient (Wildman–Crippen LogP) is 4.76. The van der Waals surface area contributed by atoms with E-state index in [9.17, 15) is 9.18 Å². The first-order chi connectivity index (χ1) is 14.9. The number of aromatic nitrogens is 1. The molecule has 2 heterocycles. The number of amides is 2. The largest absolute Gasteiger partial charge is 0.441 e. The van der Waals surface area contributed by atoms with Crippen molar-refractivity contribution < 1.29 is 13.6 Å². The number of urea groups is 1. The van der Waals surface area contributed by atoms with Gasteiger partial charge in [0.15, 0.2) is 0 Å². The van der Waals surface area contributed by atoms with Gasteiger partial charge in [0.2, 0.25) is 5.89 Å². The number of benzene rings is 2. The van der Waals surface area contributed by atoms with Gasteiger partial charge in [-0.1, -0.05) is 24.3 Å². The molecular weight excluding hydrogens is 395 g/mol. The first kappa shape index (κ1) is 21.1. The molecule has 1 aromatic heterocycles. The van der Waals surface area contributed by atoms with Crippen LogP contribution in [0, 0.1) is 26.6 Å². The van der Waals surface area contributed by atoms with E-state index in [4.69, 9.17) is 9.40 Å². The lowest BCUT2D eigenvalue weighted by molar-refractivity contribution is 0.141. The average Bonchev–Trinajstić information content (AvgIpc) is 3.11. The number of hydrogen-bond donors (Lipinski definition) is 1. The lowest BCUT2D eigenvalue weighted by Crippen LogP contribution is -2.49. The number of hydrogen-bond acceptors (Lipinski definition) is 4. The van der Waals surface area contributed by atoms with Crippen molar-refractivity contribution in [3.63, 3.8) is 0 Å². The van der Waals surface area contributed by atoms with Crippen LogP contribution in [0.15, 0.2) is 46.9 Å². The van der Waals surface area contributed by atoms with Crippen molar-refractivity contribution >= 4 is 11.7 Å². The van der Waals surface area contributed by atoms with Gasteiger partial charge in [-0.2, -0.15) is 0 Å². The summed E-state index contributed by atoms with van der Waals surface area (Å²) in [5.74, 6) is 1.14. The van der Waals surface area contributed by atoms with Crippen molar-refractivity contribution in [3.05, 3.63) is 70.9 Å². The molecule has 0 unspecified atom stereocenters. The van der Waals surface area contributed by atoms with E-state index in [2.05, 4.69) is 10.2 Å². The second kappa shape index (κ2) is 8.89. The molecule has 0 aliphatic carbocycles. The SMILES string of the molecule is Cc1ccc(NC(=O)N2CCN(Cc3nc(-c4ccccc4C)oc3C)CC2)cc1F. The van der Waals surface area contributed by atoms with E-state index in [0.29, 0.717) is 36.8 Å². The molecule has 0 atom stereocenters. The number of nitrogens with zero attached hydrogens (tertiary/aromatic N) is 3. The monoisotopic (exact) mass is 422 g/mol. The third-order valence-electron chi connectivity index (χ3n) is 5.72. The molecule has 2 amide bonds. The summed E-state index contributed by atoms with van der Waals surface area (Å²) in [7, 11) is 0. The Bertz CT molecular complexity index is 1090. The number of rotatable bonds is 4. The van der Waals surface area contributed by atoms with Crippen LogP contribution < -0.4 is 5.32 Å². The van der Waals surface area contributed by atoms with Crippen LogP contribution in [0.4, 0.5) is 14.9 Å². The topological polar surface area (TPSA) is 61.6 Å². The fourth-order valence-electron chi connectivity index (χ4n) is 3.70. The minimum Gasteiger partial charge on any atom is -0.441 e. The summed E-state index contributed by atoms with van der Waals surface area (Å²) in [6.07, 6.45) is 0. The maximum Gasteiger partial charge on any atom is 0.321 e. The molecule has 1 aliphatic heterocycles. The number of piperazine rings is 1. The summed E-state index contributed by atoms with van der Waals surface area (Å²) in [6.45, 7) is 9.03. The van der Waals surface area contributed by atoms with Gasteiger partial charge in [0.1, 0.15) is 11.6 Å². The Morgan fingerprint density at radius 2 is 1.81 bits per heavy atom. The van der Waals surface area contributed by atoms with Crippen molar-refractivity contribution in [2.45, 2.75) is 27.3 Å². The van der Waals surface area contributed by atoms with Crippen molar-refractivity contribution in [2.75, 3.05) is 31.5 Å². The number of carbonyl (C=O) groups excluding carboxylic acids is 1. The van der Waals surface area contributed by atoms with Gasteiger partial charge in [0.05, 0.1) is 5.69 Å². The summed E-state index contributed by atoms with van der Waals surface area (Å²) in [4.78, 5) is 21.3. The average molecular weight is 423 g/mol. The highest BCUT2D eigenvalue weighted by Crippen LogP contribution is 2.25.